The Hall–Kier alpha value is -2.31. The Labute approximate surface area is 154 Å². The number of likely N-dealkylation sites (tertiary alicyclic amines) is 1. The van der Waals surface area contributed by atoms with Gasteiger partial charge in [-0.05, 0) is 52.0 Å². The Morgan fingerprint density at radius 3 is 2.77 bits per heavy atom. The van der Waals surface area contributed by atoms with Crippen LogP contribution in [0.1, 0.15) is 45.6 Å². The van der Waals surface area contributed by atoms with Gasteiger partial charge < -0.3 is 15.0 Å². The highest BCUT2D eigenvalue weighted by Gasteiger charge is 2.27. The van der Waals surface area contributed by atoms with E-state index in [9.17, 15) is 14.9 Å². The van der Waals surface area contributed by atoms with Crippen molar-refractivity contribution < 1.29 is 14.5 Å². The topological polar surface area (TPSA) is 84.7 Å². The van der Waals surface area contributed by atoms with Gasteiger partial charge in [-0.3, -0.25) is 10.1 Å². The number of benzene rings is 1. The Balaban J connectivity index is 2.03. The molecule has 0 radical (unpaired) electrons. The number of ether oxygens (including phenoxy) is 1. The third kappa shape index (κ3) is 5.61. The van der Waals surface area contributed by atoms with Gasteiger partial charge >= 0.3 is 6.09 Å². The van der Waals surface area contributed by atoms with Crippen LogP contribution < -0.4 is 5.32 Å². The van der Waals surface area contributed by atoms with Crippen molar-refractivity contribution in [1.29, 1.82) is 0 Å². The number of hydrogen-bond acceptors (Lipinski definition) is 5. The number of para-hydroxylation sites is 1. The van der Waals surface area contributed by atoms with Crippen molar-refractivity contribution >= 4 is 17.5 Å². The van der Waals surface area contributed by atoms with Crippen molar-refractivity contribution in [3.8, 4) is 0 Å². The summed E-state index contributed by atoms with van der Waals surface area (Å²) in [6, 6.07) is 5.05. The minimum atomic E-state index is -0.515. The van der Waals surface area contributed by atoms with E-state index >= 15 is 0 Å². The fourth-order valence-corrected chi connectivity index (χ4v) is 3.17. The number of nitro groups is 1. The molecule has 0 saturated carbocycles. The fraction of sp³-hybridized carbons (Fsp3) is 0.632. The molecular formula is C19H29N3O4. The number of nitrogens with zero attached hydrogens (tertiary/aromatic N) is 2. The molecule has 1 fully saturated rings. The predicted octanol–water partition coefficient (Wildman–Crippen LogP) is 4.35. The minimum absolute atomic E-state index is 0.0858. The van der Waals surface area contributed by atoms with E-state index in [2.05, 4.69) is 5.32 Å². The lowest BCUT2D eigenvalue weighted by atomic mass is 10.0. The quantitative estimate of drug-likeness (QED) is 0.635. The van der Waals surface area contributed by atoms with Gasteiger partial charge in [-0.15, -0.1) is 0 Å². The summed E-state index contributed by atoms with van der Waals surface area (Å²) >= 11 is 0. The maximum atomic E-state index is 12.4. The van der Waals surface area contributed by atoms with Crippen LogP contribution in [0.3, 0.4) is 0 Å². The number of amides is 1. The zero-order chi connectivity index (χ0) is 19.3. The largest absolute Gasteiger partial charge is 0.444 e. The first kappa shape index (κ1) is 20.0. The highest BCUT2D eigenvalue weighted by molar-refractivity contribution is 5.68. The molecule has 1 aliphatic rings. The van der Waals surface area contributed by atoms with Crippen LogP contribution in [0, 0.1) is 23.0 Å². The zero-order valence-corrected chi connectivity index (χ0v) is 16.1. The van der Waals surface area contributed by atoms with Crippen molar-refractivity contribution in [1.82, 2.24) is 4.90 Å². The average molecular weight is 363 g/mol. The van der Waals surface area contributed by atoms with Crippen molar-refractivity contribution in [2.24, 2.45) is 5.92 Å². The van der Waals surface area contributed by atoms with Crippen LogP contribution in [0.4, 0.5) is 16.2 Å². The Morgan fingerprint density at radius 2 is 2.12 bits per heavy atom. The van der Waals surface area contributed by atoms with Crippen molar-refractivity contribution in [3.05, 3.63) is 33.9 Å². The third-order valence-corrected chi connectivity index (χ3v) is 4.44. The standard InChI is InChI=1S/C19H29N3O4/c1-14-8-7-10-16(22(24)25)17(14)20-12-15-9-5-6-11-21(13-15)18(23)26-19(2,3)4/h7-8,10,15,20H,5-6,9,11-13H2,1-4H3/t15-/m0/s1. The van der Waals surface area contributed by atoms with Crippen LogP contribution in [0.2, 0.25) is 0 Å². The van der Waals surface area contributed by atoms with Crippen LogP contribution in [-0.2, 0) is 4.74 Å². The fourth-order valence-electron chi connectivity index (χ4n) is 3.17. The molecule has 1 heterocycles. The van der Waals surface area contributed by atoms with Gasteiger partial charge in [-0.25, -0.2) is 4.79 Å². The number of hydrogen-bond donors (Lipinski definition) is 1. The lowest BCUT2D eigenvalue weighted by molar-refractivity contribution is -0.384. The molecule has 2 rings (SSSR count). The van der Waals surface area contributed by atoms with E-state index in [0.717, 1.165) is 24.8 Å². The molecule has 1 aromatic rings. The molecule has 0 aromatic heterocycles. The molecule has 144 valence electrons. The van der Waals surface area contributed by atoms with Gasteiger partial charge in [0.15, 0.2) is 0 Å². The predicted molar refractivity (Wildman–Crippen MR) is 101 cm³/mol. The number of anilines is 1. The third-order valence-electron chi connectivity index (χ3n) is 4.44. The second-order valence-corrected chi connectivity index (χ2v) is 7.90. The van der Waals surface area contributed by atoms with Crippen molar-refractivity contribution in [2.45, 2.75) is 52.6 Å². The lowest BCUT2D eigenvalue weighted by Gasteiger charge is -2.28. The van der Waals surface area contributed by atoms with Gasteiger partial charge in [0.05, 0.1) is 4.92 Å². The molecule has 26 heavy (non-hydrogen) atoms. The van der Waals surface area contributed by atoms with Gasteiger partial charge in [0.2, 0.25) is 0 Å². The maximum absolute atomic E-state index is 12.4. The number of carbonyl (C=O) groups excluding carboxylic acids is 1. The summed E-state index contributed by atoms with van der Waals surface area (Å²) in [5, 5.41) is 14.5. The molecule has 0 aliphatic carbocycles. The first-order valence-corrected chi connectivity index (χ1v) is 9.13. The number of nitro benzene ring substituents is 1. The van der Waals surface area contributed by atoms with Gasteiger partial charge in [0, 0.05) is 25.7 Å². The second kappa shape index (κ2) is 8.38. The molecular weight excluding hydrogens is 334 g/mol. The van der Waals surface area contributed by atoms with Gasteiger partial charge in [-0.2, -0.15) is 0 Å². The number of nitrogens with one attached hydrogen (secondary N) is 1. The summed E-state index contributed by atoms with van der Waals surface area (Å²) in [7, 11) is 0. The Bertz CT molecular complexity index is 655. The summed E-state index contributed by atoms with van der Waals surface area (Å²) in [6.45, 7) is 9.31. The van der Waals surface area contributed by atoms with E-state index in [0.29, 0.717) is 25.3 Å². The van der Waals surface area contributed by atoms with Crippen LogP contribution in [0.15, 0.2) is 18.2 Å². The normalized spacial score (nSPS) is 18.2. The molecule has 1 N–H and O–H groups in total. The highest BCUT2D eigenvalue weighted by atomic mass is 16.6. The van der Waals surface area contributed by atoms with Gasteiger partial charge in [0.1, 0.15) is 11.3 Å². The van der Waals surface area contributed by atoms with E-state index < -0.39 is 5.60 Å². The molecule has 1 aliphatic heterocycles. The molecule has 1 amide bonds. The van der Waals surface area contributed by atoms with Crippen molar-refractivity contribution in [2.75, 3.05) is 25.0 Å². The summed E-state index contributed by atoms with van der Waals surface area (Å²) < 4.78 is 5.49. The highest BCUT2D eigenvalue weighted by Crippen LogP contribution is 2.28. The van der Waals surface area contributed by atoms with Gasteiger partial charge in [-0.1, -0.05) is 18.6 Å². The van der Waals surface area contributed by atoms with Crippen LogP contribution in [-0.4, -0.2) is 41.2 Å². The van der Waals surface area contributed by atoms with E-state index in [1.165, 1.54) is 6.07 Å². The SMILES string of the molecule is Cc1cccc([N+](=O)[O-])c1NC[C@@H]1CCCCN(C(=O)OC(C)(C)C)C1. The summed E-state index contributed by atoms with van der Waals surface area (Å²) in [6.07, 6.45) is 2.67. The average Bonchev–Trinajstić information content (AvgIpc) is 2.77. The molecule has 1 aromatic carbocycles. The van der Waals surface area contributed by atoms with Gasteiger partial charge in [0.25, 0.3) is 5.69 Å². The van der Waals surface area contributed by atoms with E-state index in [4.69, 9.17) is 4.74 Å². The van der Waals surface area contributed by atoms with Crippen LogP contribution >= 0.6 is 0 Å². The molecule has 0 spiro atoms. The number of rotatable bonds is 4. The molecule has 1 atom stereocenters. The van der Waals surface area contributed by atoms with E-state index in [-0.39, 0.29) is 22.6 Å². The monoisotopic (exact) mass is 363 g/mol. The van der Waals surface area contributed by atoms with Crippen LogP contribution in [0.5, 0.6) is 0 Å². The number of aryl methyl sites for hydroxylation is 1. The van der Waals surface area contributed by atoms with Crippen LogP contribution in [0.25, 0.3) is 0 Å². The molecule has 1 saturated heterocycles. The first-order valence-electron chi connectivity index (χ1n) is 9.13. The molecule has 7 nitrogen and oxygen atoms in total. The Kier molecular flexibility index (Phi) is 6.45. The summed E-state index contributed by atoms with van der Waals surface area (Å²) in [5.41, 5.74) is 0.976. The lowest BCUT2D eigenvalue weighted by Crippen LogP contribution is -2.40. The van der Waals surface area contributed by atoms with E-state index in [1.54, 1.807) is 11.0 Å². The first-order chi connectivity index (χ1) is 12.2. The second-order valence-electron chi connectivity index (χ2n) is 7.90. The smallest absolute Gasteiger partial charge is 0.410 e. The molecule has 7 heteroatoms. The number of carbonyl (C=O) groups is 1. The molecule has 0 unspecified atom stereocenters. The molecule has 0 bridgehead atoms. The Morgan fingerprint density at radius 1 is 1.38 bits per heavy atom. The summed E-state index contributed by atoms with van der Waals surface area (Å²) in [5.74, 6) is 0.226. The maximum Gasteiger partial charge on any atom is 0.410 e. The van der Waals surface area contributed by atoms with E-state index in [1.807, 2.05) is 33.8 Å². The minimum Gasteiger partial charge on any atom is -0.444 e. The van der Waals surface area contributed by atoms with Crippen molar-refractivity contribution in [3.63, 3.8) is 0 Å². The summed E-state index contributed by atoms with van der Waals surface area (Å²) in [4.78, 5) is 25.0. The zero-order valence-electron chi connectivity index (χ0n) is 16.1.